The molecule has 8 rings (SSSR count). The SMILES string of the molecule is Cc1cc2c(s1)c1cc(-c3ccc(N(c4ccccc4)c4ccc(-c5ccccc5)cc4)cc3C)ccc1n2-c1ccccc1. The van der Waals surface area contributed by atoms with Crippen molar-refractivity contribution < 1.29 is 0 Å². The summed E-state index contributed by atoms with van der Waals surface area (Å²) < 4.78 is 3.74. The predicted molar refractivity (Wildman–Crippen MR) is 194 cm³/mol. The zero-order valence-electron chi connectivity index (χ0n) is 25.3. The molecule has 2 nitrogen and oxygen atoms in total. The average molecular weight is 597 g/mol. The monoisotopic (exact) mass is 596 g/mol. The van der Waals surface area contributed by atoms with Crippen LogP contribution in [0.15, 0.2) is 158 Å². The van der Waals surface area contributed by atoms with Crippen molar-refractivity contribution in [3.63, 3.8) is 0 Å². The van der Waals surface area contributed by atoms with Crippen LogP contribution >= 0.6 is 11.3 Å². The normalized spacial score (nSPS) is 11.3. The highest BCUT2D eigenvalue weighted by atomic mass is 32.1. The Morgan fingerprint density at radius 1 is 0.489 bits per heavy atom. The number of para-hydroxylation sites is 2. The third kappa shape index (κ3) is 4.92. The van der Waals surface area contributed by atoms with Crippen LogP contribution in [-0.4, -0.2) is 4.57 Å². The van der Waals surface area contributed by atoms with Crippen molar-refractivity contribution in [2.75, 3.05) is 4.90 Å². The minimum absolute atomic E-state index is 1.13. The summed E-state index contributed by atoms with van der Waals surface area (Å²) in [5.74, 6) is 0. The molecule has 216 valence electrons. The Bertz CT molecular complexity index is 2260. The highest BCUT2D eigenvalue weighted by Crippen LogP contribution is 2.41. The standard InChI is InChI=1S/C42H32N2S/c1-29-26-37(43(34-14-8-4-9-15-34)36-21-18-32(19-22-36)31-12-6-3-7-13-31)23-24-38(29)33-20-25-40-39(28-33)42-41(27-30(2)45-42)44(40)35-16-10-5-11-17-35/h3-28H,1-2H3. The fourth-order valence-corrected chi connectivity index (χ4v) is 7.51. The van der Waals surface area contributed by atoms with Gasteiger partial charge in [-0.25, -0.2) is 0 Å². The number of nitrogens with zero attached hydrogens (tertiary/aromatic N) is 2. The molecule has 8 aromatic rings. The smallest absolute Gasteiger partial charge is 0.0651 e. The van der Waals surface area contributed by atoms with Gasteiger partial charge in [0.05, 0.1) is 15.7 Å². The lowest BCUT2D eigenvalue weighted by atomic mass is 9.98. The van der Waals surface area contributed by atoms with E-state index in [9.17, 15) is 0 Å². The van der Waals surface area contributed by atoms with E-state index in [0.29, 0.717) is 0 Å². The molecule has 2 aromatic heterocycles. The van der Waals surface area contributed by atoms with Gasteiger partial charge in [-0.3, -0.25) is 0 Å². The molecule has 0 fully saturated rings. The number of hydrogen-bond donors (Lipinski definition) is 0. The second-order valence-corrected chi connectivity index (χ2v) is 12.8. The number of anilines is 3. The maximum atomic E-state index is 2.40. The molecular weight excluding hydrogens is 565 g/mol. The van der Waals surface area contributed by atoms with Crippen LogP contribution in [0.1, 0.15) is 10.4 Å². The first-order chi connectivity index (χ1) is 22.1. The maximum absolute atomic E-state index is 2.40. The molecule has 2 heterocycles. The molecule has 0 bridgehead atoms. The van der Waals surface area contributed by atoms with E-state index in [0.717, 1.165) is 17.1 Å². The minimum atomic E-state index is 1.13. The van der Waals surface area contributed by atoms with Crippen LogP contribution in [0.2, 0.25) is 0 Å². The summed E-state index contributed by atoms with van der Waals surface area (Å²) in [6.07, 6.45) is 0. The molecule has 45 heavy (non-hydrogen) atoms. The van der Waals surface area contributed by atoms with Crippen LogP contribution in [0.25, 0.3) is 49.1 Å². The third-order valence-electron chi connectivity index (χ3n) is 8.60. The molecule has 0 saturated carbocycles. The lowest BCUT2D eigenvalue weighted by Gasteiger charge is -2.26. The zero-order chi connectivity index (χ0) is 30.3. The van der Waals surface area contributed by atoms with Crippen molar-refractivity contribution in [2.24, 2.45) is 0 Å². The molecule has 0 atom stereocenters. The molecule has 0 spiro atoms. The molecular formula is C42H32N2S. The van der Waals surface area contributed by atoms with Crippen LogP contribution in [0.4, 0.5) is 17.1 Å². The van der Waals surface area contributed by atoms with Crippen molar-refractivity contribution in [3.05, 3.63) is 168 Å². The van der Waals surface area contributed by atoms with Crippen LogP contribution < -0.4 is 4.90 Å². The zero-order valence-corrected chi connectivity index (χ0v) is 26.1. The Kier molecular flexibility index (Phi) is 6.81. The van der Waals surface area contributed by atoms with E-state index in [4.69, 9.17) is 0 Å². The molecule has 0 aliphatic heterocycles. The Morgan fingerprint density at radius 3 is 1.80 bits per heavy atom. The van der Waals surface area contributed by atoms with Crippen LogP contribution in [0.3, 0.4) is 0 Å². The highest BCUT2D eigenvalue weighted by Gasteiger charge is 2.18. The number of aryl methyl sites for hydroxylation is 2. The number of hydrogen-bond acceptors (Lipinski definition) is 2. The van der Waals surface area contributed by atoms with Gasteiger partial charge in [0.25, 0.3) is 0 Å². The first kappa shape index (κ1) is 27.2. The molecule has 0 amide bonds. The fraction of sp³-hybridized carbons (Fsp3) is 0.0476. The van der Waals surface area contributed by atoms with Crippen molar-refractivity contribution in [1.29, 1.82) is 0 Å². The van der Waals surface area contributed by atoms with Gasteiger partial charge in [-0.15, -0.1) is 11.3 Å². The van der Waals surface area contributed by atoms with Gasteiger partial charge in [0, 0.05) is 33.0 Å². The second-order valence-electron chi connectivity index (χ2n) is 11.6. The lowest BCUT2D eigenvalue weighted by molar-refractivity contribution is 1.18. The topological polar surface area (TPSA) is 8.17 Å². The van der Waals surface area contributed by atoms with Crippen LogP contribution in [0, 0.1) is 13.8 Å². The molecule has 6 aromatic carbocycles. The lowest BCUT2D eigenvalue weighted by Crippen LogP contribution is -2.10. The summed E-state index contributed by atoms with van der Waals surface area (Å²) in [6, 6.07) is 56.8. The van der Waals surface area contributed by atoms with Crippen LogP contribution in [-0.2, 0) is 0 Å². The Morgan fingerprint density at radius 2 is 1.09 bits per heavy atom. The summed E-state index contributed by atoms with van der Waals surface area (Å²) in [6.45, 7) is 4.43. The molecule has 0 aliphatic rings. The first-order valence-electron chi connectivity index (χ1n) is 15.4. The number of benzene rings is 6. The van der Waals surface area contributed by atoms with Crippen molar-refractivity contribution >= 4 is 49.5 Å². The van der Waals surface area contributed by atoms with E-state index in [1.807, 2.05) is 11.3 Å². The Hall–Kier alpha value is -5.38. The van der Waals surface area contributed by atoms with E-state index in [2.05, 4.69) is 181 Å². The average Bonchev–Trinajstić information content (AvgIpc) is 3.61. The highest BCUT2D eigenvalue weighted by molar-refractivity contribution is 7.20. The largest absolute Gasteiger partial charge is 0.310 e. The molecule has 0 aliphatic carbocycles. The van der Waals surface area contributed by atoms with Crippen molar-refractivity contribution in [3.8, 4) is 27.9 Å². The number of rotatable bonds is 6. The van der Waals surface area contributed by atoms with Crippen molar-refractivity contribution in [2.45, 2.75) is 13.8 Å². The van der Waals surface area contributed by atoms with E-state index in [1.165, 1.54) is 59.5 Å². The van der Waals surface area contributed by atoms with E-state index in [1.54, 1.807) is 0 Å². The third-order valence-corrected chi connectivity index (χ3v) is 9.67. The van der Waals surface area contributed by atoms with E-state index in [-0.39, 0.29) is 0 Å². The number of fused-ring (bicyclic) bond motifs is 3. The summed E-state index contributed by atoms with van der Waals surface area (Å²) >= 11 is 1.88. The van der Waals surface area contributed by atoms with E-state index >= 15 is 0 Å². The van der Waals surface area contributed by atoms with Gasteiger partial charge in [0.2, 0.25) is 0 Å². The summed E-state index contributed by atoms with van der Waals surface area (Å²) in [4.78, 5) is 3.67. The minimum Gasteiger partial charge on any atom is -0.310 e. The van der Waals surface area contributed by atoms with Gasteiger partial charge in [-0.05, 0) is 108 Å². The van der Waals surface area contributed by atoms with Gasteiger partial charge in [0.15, 0.2) is 0 Å². The fourth-order valence-electron chi connectivity index (χ4n) is 6.49. The van der Waals surface area contributed by atoms with E-state index < -0.39 is 0 Å². The van der Waals surface area contributed by atoms with Crippen molar-refractivity contribution in [1.82, 2.24) is 4.57 Å². The summed E-state index contributed by atoms with van der Waals surface area (Å²) in [5.41, 5.74) is 13.3. The second kappa shape index (κ2) is 11.3. The molecule has 0 N–H and O–H groups in total. The Labute approximate surface area is 268 Å². The Balaban J connectivity index is 1.20. The maximum Gasteiger partial charge on any atom is 0.0651 e. The van der Waals surface area contributed by atoms with Crippen LogP contribution in [0.5, 0.6) is 0 Å². The van der Waals surface area contributed by atoms with Gasteiger partial charge >= 0.3 is 0 Å². The molecule has 3 heteroatoms. The molecule has 0 radical (unpaired) electrons. The predicted octanol–water partition coefficient (Wildman–Crippen LogP) is 12.3. The van der Waals surface area contributed by atoms with Gasteiger partial charge in [-0.1, -0.05) is 91.0 Å². The first-order valence-corrected chi connectivity index (χ1v) is 16.2. The number of aromatic nitrogens is 1. The van der Waals surface area contributed by atoms with Gasteiger partial charge in [-0.2, -0.15) is 0 Å². The summed E-state index contributed by atoms with van der Waals surface area (Å²) in [7, 11) is 0. The van der Waals surface area contributed by atoms with Gasteiger partial charge < -0.3 is 9.47 Å². The van der Waals surface area contributed by atoms with Gasteiger partial charge in [0.1, 0.15) is 0 Å². The number of thiophene rings is 1. The molecule has 0 saturated heterocycles. The molecule has 0 unspecified atom stereocenters. The summed E-state index contributed by atoms with van der Waals surface area (Å²) in [5, 5.41) is 1.30. The quantitative estimate of drug-likeness (QED) is 0.185.